The third-order valence-electron chi connectivity index (χ3n) is 4.57. The molecular formula is C14H24O2. The predicted molar refractivity (Wildman–Crippen MR) is 63.9 cm³/mol. The van der Waals surface area contributed by atoms with Crippen LogP contribution in [0.3, 0.4) is 0 Å². The summed E-state index contributed by atoms with van der Waals surface area (Å²) in [6, 6.07) is 0. The summed E-state index contributed by atoms with van der Waals surface area (Å²) in [5.74, 6) is 1.48. The van der Waals surface area contributed by atoms with Crippen LogP contribution in [0.25, 0.3) is 0 Å². The van der Waals surface area contributed by atoms with Gasteiger partial charge in [0, 0.05) is 0 Å². The van der Waals surface area contributed by atoms with Crippen LogP contribution in [0.15, 0.2) is 0 Å². The maximum absolute atomic E-state index is 12.1. The molecule has 16 heavy (non-hydrogen) atoms. The average molecular weight is 224 g/mol. The van der Waals surface area contributed by atoms with Gasteiger partial charge in [-0.15, -0.1) is 0 Å². The van der Waals surface area contributed by atoms with Gasteiger partial charge in [0.1, 0.15) is 5.60 Å². The van der Waals surface area contributed by atoms with Gasteiger partial charge in [-0.05, 0) is 57.3 Å². The Bertz CT molecular complexity index is 298. The minimum atomic E-state index is -0.344. The lowest BCUT2D eigenvalue weighted by Gasteiger charge is -2.28. The lowest BCUT2D eigenvalue weighted by molar-refractivity contribution is -0.162. The topological polar surface area (TPSA) is 26.3 Å². The van der Waals surface area contributed by atoms with Crippen LogP contribution >= 0.6 is 0 Å². The summed E-state index contributed by atoms with van der Waals surface area (Å²) in [6.07, 6.45) is 3.56. The van der Waals surface area contributed by atoms with Crippen LogP contribution < -0.4 is 0 Å². The summed E-state index contributed by atoms with van der Waals surface area (Å²) in [7, 11) is 0. The second-order valence-corrected chi connectivity index (χ2v) is 7.08. The average Bonchev–Trinajstić information content (AvgIpc) is 2.52. The minimum absolute atomic E-state index is 0.0350. The molecule has 0 amide bonds. The monoisotopic (exact) mass is 224 g/mol. The highest BCUT2D eigenvalue weighted by Crippen LogP contribution is 2.60. The van der Waals surface area contributed by atoms with Crippen molar-refractivity contribution in [3.8, 4) is 0 Å². The van der Waals surface area contributed by atoms with Crippen LogP contribution in [0.5, 0.6) is 0 Å². The molecule has 0 aliphatic heterocycles. The van der Waals surface area contributed by atoms with Gasteiger partial charge in [-0.25, -0.2) is 0 Å². The third kappa shape index (κ3) is 1.87. The van der Waals surface area contributed by atoms with E-state index in [-0.39, 0.29) is 17.5 Å². The number of hydrogen-bond acceptors (Lipinski definition) is 2. The molecule has 3 unspecified atom stereocenters. The van der Waals surface area contributed by atoms with E-state index in [0.717, 1.165) is 12.3 Å². The van der Waals surface area contributed by atoms with E-state index >= 15 is 0 Å². The normalized spacial score (nSPS) is 36.4. The molecule has 2 nitrogen and oxygen atoms in total. The van der Waals surface area contributed by atoms with E-state index in [0.29, 0.717) is 11.3 Å². The van der Waals surface area contributed by atoms with Crippen molar-refractivity contribution in [3.63, 3.8) is 0 Å². The summed E-state index contributed by atoms with van der Waals surface area (Å²) < 4.78 is 5.53. The molecule has 0 aromatic heterocycles. The number of ether oxygens (including phenoxy) is 1. The van der Waals surface area contributed by atoms with E-state index in [1.54, 1.807) is 0 Å². The highest BCUT2D eigenvalue weighted by molar-refractivity contribution is 5.74. The Morgan fingerprint density at radius 2 is 1.88 bits per heavy atom. The van der Waals surface area contributed by atoms with E-state index in [1.165, 1.54) is 12.8 Å². The van der Waals surface area contributed by atoms with Crippen LogP contribution in [-0.2, 0) is 9.53 Å². The minimum Gasteiger partial charge on any atom is -0.460 e. The molecule has 2 bridgehead atoms. The number of hydrogen-bond donors (Lipinski definition) is 0. The first kappa shape index (κ1) is 11.9. The molecule has 0 spiro atoms. The second-order valence-electron chi connectivity index (χ2n) is 7.08. The second kappa shape index (κ2) is 3.48. The van der Waals surface area contributed by atoms with Crippen LogP contribution in [0.2, 0.25) is 0 Å². The van der Waals surface area contributed by atoms with E-state index in [4.69, 9.17) is 4.74 Å². The molecule has 2 aliphatic carbocycles. The molecule has 92 valence electrons. The molecular weight excluding hydrogens is 200 g/mol. The molecule has 2 fully saturated rings. The first-order valence-electron chi connectivity index (χ1n) is 6.44. The van der Waals surface area contributed by atoms with Gasteiger partial charge in [0.05, 0.1) is 5.92 Å². The maximum Gasteiger partial charge on any atom is 0.309 e. The van der Waals surface area contributed by atoms with Crippen LogP contribution in [-0.4, -0.2) is 11.6 Å². The lowest BCUT2D eigenvalue weighted by atomic mass is 9.80. The Morgan fingerprint density at radius 3 is 2.25 bits per heavy atom. The van der Waals surface area contributed by atoms with E-state index in [2.05, 4.69) is 13.8 Å². The molecule has 0 N–H and O–H groups in total. The molecule has 0 saturated heterocycles. The zero-order valence-electron chi connectivity index (χ0n) is 11.2. The zero-order valence-corrected chi connectivity index (χ0v) is 11.2. The zero-order chi connectivity index (χ0) is 12.1. The fourth-order valence-electron chi connectivity index (χ4n) is 3.68. The van der Waals surface area contributed by atoms with Gasteiger partial charge in [-0.3, -0.25) is 4.79 Å². The molecule has 2 aliphatic rings. The first-order valence-corrected chi connectivity index (χ1v) is 6.44. The Balaban J connectivity index is 2.06. The Hall–Kier alpha value is -0.530. The lowest BCUT2D eigenvalue weighted by Crippen LogP contribution is -2.32. The van der Waals surface area contributed by atoms with Crippen LogP contribution in [0.1, 0.15) is 53.9 Å². The van der Waals surface area contributed by atoms with Crippen molar-refractivity contribution in [1.29, 1.82) is 0 Å². The van der Waals surface area contributed by atoms with Crippen molar-refractivity contribution in [1.82, 2.24) is 0 Å². The number of esters is 1. The quantitative estimate of drug-likeness (QED) is 0.638. The first-order chi connectivity index (χ1) is 7.22. The SMILES string of the molecule is CC(C)(C)OC(=O)C1CC2CCC1C2(C)C. The van der Waals surface area contributed by atoms with Crippen molar-refractivity contribution in [2.45, 2.75) is 59.5 Å². The smallest absolute Gasteiger partial charge is 0.309 e. The van der Waals surface area contributed by atoms with Crippen LogP contribution in [0.4, 0.5) is 0 Å². The Kier molecular flexibility index (Phi) is 2.60. The molecule has 2 heteroatoms. The van der Waals surface area contributed by atoms with Gasteiger partial charge < -0.3 is 4.74 Å². The predicted octanol–water partition coefficient (Wildman–Crippen LogP) is 3.40. The van der Waals surface area contributed by atoms with Crippen molar-refractivity contribution in [2.24, 2.45) is 23.2 Å². The van der Waals surface area contributed by atoms with E-state index < -0.39 is 0 Å². The molecule has 0 aromatic carbocycles. The number of rotatable bonds is 1. The standard InChI is InChI=1S/C14H24O2/c1-13(2,3)16-12(15)10-8-9-6-7-11(10)14(9,4)5/h9-11H,6-8H2,1-5H3. The summed E-state index contributed by atoms with van der Waals surface area (Å²) in [5.41, 5.74) is 0.00459. The summed E-state index contributed by atoms with van der Waals surface area (Å²) in [5, 5.41) is 0. The molecule has 0 heterocycles. The summed E-state index contributed by atoms with van der Waals surface area (Å²) >= 11 is 0. The molecule has 0 radical (unpaired) electrons. The Labute approximate surface area is 98.7 Å². The van der Waals surface area contributed by atoms with Gasteiger partial charge in [0.25, 0.3) is 0 Å². The molecule has 0 aromatic rings. The highest BCUT2D eigenvalue weighted by Gasteiger charge is 2.56. The van der Waals surface area contributed by atoms with Gasteiger partial charge in [0.2, 0.25) is 0 Å². The third-order valence-corrected chi connectivity index (χ3v) is 4.57. The fourth-order valence-corrected chi connectivity index (χ4v) is 3.68. The highest BCUT2D eigenvalue weighted by atomic mass is 16.6. The van der Waals surface area contributed by atoms with Crippen molar-refractivity contribution in [3.05, 3.63) is 0 Å². The van der Waals surface area contributed by atoms with Gasteiger partial charge in [-0.2, -0.15) is 0 Å². The van der Waals surface area contributed by atoms with E-state index in [1.807, 2.05) is 20.8 Å². The van der Waals surface area contributed by atoms with Crippen molar-refractivity contribution >= 4 is 5.97 Å². The van der Waals surface area contributed by atoms with Crippen molar-refractivity contribution < 1.29 is 9.53 Å². The van der Waals surface area contributed by atoms with Crippen LogP contribution in [0, 0.1) is 23.2 Å². The summed E-state index contributed by atoms with van der Waals surface area (Å²) in [6.45, 7) is 10.5. The molecule has 2 rings (SSSR count). The fraction of sp³-hybridized carbons (Fsp3) is 0.929. The number of fused-ring (bicyclic) bond motifs is 2. The molecule has 2 saturated carbocycles. The Morgan fingerprint density at radius 1 is 1.25 bits per heavy atom. The number of carbonyl (C=O) groups is 1. The number of carbonyl (C=O) groups excluding carboxylic acids is 1. The maximum atomic E-state index is 12.1. The molecule has 3 atom stereocenters. The van der Waals surface area contributed by atoms with Gasteiger partial charge >= 0.3 is 5.97 Å². The summed E-state index contributed by atoms with van der Waals surface area (Å²) in [4.78, 5) is 12.1. The van der Waals surface area contributed by atoms with Gasteiger partial charge in [0.15, 0.2) is 0 Å². The van der Waals surface area contributed by atoms with Gasteiger partial charge in [-0.1, -0.05) is 13.8 Å². The largest absolute Gasteiger partial charge is 0.460 e. The van der Waals surface area contributed by atoms with E-state index in [9.17, 15) is 4.79 Å². The van der Waals surface area contributed by atoms with Crippen molar-refractivity contribution in [2.75, 3.05) is 0 Å².